The van der Waals surface area contributed by atoms with Crippen LogP contribution in [-0.4, -0.2) is 4.57 Å². The fourth-order valence-electron chi connectivity index (χ4n) is 8.35. The van der Waals surface area contributed by atoms with Crippen molar-refractivity contribution in [1.82, 2.24) is 4.57 Å². The van der Waals surface area contributed by atoms with E-state index >= 15 is 0 Å². The predicted molar refractivity (Wildman–Crippen MR) is 237 cm³/mol. The van der Waals surface area contributed by atoms with E-state index in [-0.39, 0.29) is 0 Å². The summed E-state index contributed by atoms with van der Waals surface area (Å²) in [6.45, 7) is 0. The Morgan fingerprint density at radius 2 is 1.00 bits per heavy atom. The molecule has 0 bridgehead atoms. The van der Waals surface area contributed by atoms with Gasteiger partial charge >= 0.3 is 0 Å². The van der Waals surface area contributed by atoms with E-state index in [0.717, 1.165) is 22.7 Å². The lowest BCUT2D eigenvalue weighted by Gasteiger charge is -2.28. The van der Waals surface area contributed by atoms with Crippen LogP contribution in [0.25, 0.3) is 80.7 Å². The Morgan fingerprint density at radius 1 is 0.364 bits per heavy atom. The summed E-state index contributed by atoms with van der Waals surface area (Å²) in [6, 6.07) is 75.3. The van der Waals surface area contributed by atoms with Gasteiger partial charge in [0.1, 0.15) is 0 Å². The number of fused-ring (bicyclic) bond motifs is 7. The minimum Gasteiger partial charge on any atom is -0.309 e. The molecule has 0 aliphatic carbocycles. The summed E-state index contributed by atoms with van der Waals surface area (Å²) >= 11 is 1.87. The smallest absolute Gasteiger partial charge is 0.0661 e. The third-order valence-corrected chi connectivity index (χ3v) is 12.1. The number of thiophene rings is 1. The fourth-order valence-corrected chi connectivity index (χ4v) is 9.54. The molecular weight excluding hydrogens is 685 g/mol. The molecule has 0 saturated heterocycles. The van der Waals surface area contributed by atoms with Crippen LogP contribution in [-0.2, 0) is 0 Å². The molecule has 258 valence electrons. The van der Waals surface area contributed by atoms with Crippen molar-refractivity contribution < 1.29 is 0 Å². The van der Waals surface area contributed by atoms with Gasteiger partial charge in [0.25, 0.3) is 0 Å². The molecule has 0 amide bonds. The number of para-hydroxylation sites is 1. The van der Waals surface area contributed by atoms with Crippen LogP contribution in [0, 0.1) is 0 Å². The highest BCUT2D eigenvalue weighted by Gasteiger charge is 2.22. The number of nitrogens with zero attached hydrogens (tertiary/aromatic N) is 2. The van der Waals surface area contributed by atoms with Gasteiger partial charge in [-0.2, -0.15) is 0 Å². The molecule has 0 N–H and O–H groups in total. The van der Waals surface area contributed by atoms with Gasteiger partial charge in [-0.3, -0.25) is 0 Å². The molecule has 0 unspecified atom stereocenters. The second-order valence-corrected chi connectivity index (χ2v) is 15.2. The van der Waals surface area contributed by atoms with E-state index in [4.69, 9.17) is 0 Å². The van der Waals surface area contributed by atoms with Gasteiger partial charge in [0.2, 0.25) is 0 Å². The number of benzene rings is 9. The largest absolute Gasteiger partial charge is 0.309 e. The summed E-state index contributed by atoms with van der Waals surface area (Å²) in [5.74, 6) is 0. The third kappa shape index (κ3) is 5.32. The second kappa shape index (κ2) is 12.9. The molecule has 55 heavy (non-hydrogen) atoms. The van der Waals surface area contributed by atoms with E-state index < -0.39 is 0 Å². The second-order valence-electron chi connectivity index (χ2n) is 14.2. The van der Waals surface area contributed by atoms with Crippen LogP contribution in [0.3, 0.4) is 0 Å². The minimum absolute atomic E-state index is 1.11. The van der Waals surface area contributed by atoms with Crippen LogP contribution < -0.4 is 4.90 Å². The van der Waals surface area contributed by atoms with Crippen molar-refractivity contribution >= 4 is 81.1 Å². The lowest BCUT2D eigenvalue weighted by Crippen LogP contribution is -2.11. The third-order valence-electron chi connectivity index (χ3n) is 10.9. The van der Waals surface area contributed by atoms with Gasteiger partial charge < -0.3 is 9.47 Å². The number of rotatable bonds is 6. The quantitative estimate of drug-likeness (QED) is 0.166. The molecule has 9 aromatic carbocycles. The summed E-state index contributed by atoms with van der Waals surface area (Å²) < 4.78 is 5.01. The number of anilines is 3. The zero-order valence-corrected chi connectivity index (χ0v) is 30.7. The highest BCUT2D eigenvalue weighted by molar-refractivity contribution is 7.26. The van der Waals surface area contributed by atoms with Crippen molar-refractivity contribution in [2.75, 3.05) is 4.90 Å². The molecule has 0 spiro atoms. The van der Waals surface area contributed by atoms with E-state index in [1.54, 1.807) is 0 Å². The highest BCUT2D eigenvalue weighted by atomic mass is 32.1. The van der Waals surface area contributed by atoms with Gasteiger partial charge in [0.05, 0.1) is 21.4 Å². The maximum atomic E-state index is 2.47. The van der Waals surface area contributed by atoms with Gasteiger partial charge in [-0.05, 0) is 93.7 Å². The molecule has 0 fully saturated rings. The summed E-state index contributed by atoms with van der Waals surface area (Å²) in [7, 11) is 0. The van der Waals surface area contributed by atoms with Crippen LogP contribution in [0.2, 0.25) is 0 Å². The SMILES string of the molecule is c1ccc(-c2cccc(N(c3ccc4ccccc4c3)c3cc(-n4c5ccccc5c5cc(-c6ccccc6)ccc54)cc4c3sc3ccccc34)c2)cc1. The van der Waals surface area contributed by atoms with E-state index in [9.17, 15) is 0 Å². The molecule has 2 aromatic heterocycles. The van der Waals surface area contributed by atoms with E-state index in [2.05, 4.69) is 216 Å². The zero-order valence-electron chi connectivity index (χ0n) is 29.9. The van der Waals surface area contributed by atoms with Crippen molar-refractivity contribution in [2.45, 2.75) is 0 Å². The van der Waals surface area contributed by atoms with Gasteiger partial charge in [0, 0.05) is 43.3 Å². The molecule has 2 heterocycles. The monoisotopic (exact) mass is 718 g/mol. The van der Waals surface area contributed by atoms with E-state index in [0.29, 0.717) is 0 Å². The standard InChI is InChI=1S/C52H34N2S/c1-3-14-35(15-4-1)39-20-13-21-41(30-39)53(42-28-26-37-18-7-8-19-38(37)31-42)50-34-43(33-47-45-23-10-12-25-51(45)55-52(47)50)54-48-24-11-9-22-44(48)46-32-40(27-29-49(46)54)36-16-5-2-6-17-36/h1-34H. The Labute approximate surface area is 323 Å². The molecule has 0 atom stereocenters. The molecule has 0 saturated carbocycles. The van der Waals surface area contributed by atoms with E-state index in [1.165, 1.54) is 75.0 Å². The van der Waals surface area contributed by atoms with Crippen LogP contribution in [0.5, 0.6) is 0 Å². The maximum absolute atomic E-state index is 2.47. The van der Waals surface area contributed by atoms with Crippen molar-refractivity contribution in [3.63, 3.8) is 0 Å². The first-order valence-corrected chi connectivity index (χ1v) is 19.6. The topological polar surface area (TPSA) is 8.17 Å². The number of aromatic nitrogens is 1. The highest BCUT2D eigenvalue weighted by Crippen LogP contribution is 2.48. The predicted octanol–water partition coefficient (Wildman–Crippen LogP) is 15.1. The maximum Gasteiger partial charge on any atom is 0.0661 e. The molecule has 11 aromatic rings. The average Bonchev–Trinajstić information content (AvgIpc) is 3.80. The van der Waals surface area contributed by atoms with Gasteiger partial charge in [0.15, 0.2) is 0 Å². The number of hydrogen-bond donors (Lipinski definition) is 0. The molecule has 2 nitrogen and oxygen atoms in total. The molecule has 3 heteroatoms. The van der Waals surface area contributed by atoms with Crippen molar-refractivity contribution in [3.8, 4) is 27.9 Å². The Hall–Kier alpha value is -6.94. The minimum atomic E-state index is 1.11. The lowest BCUT2D eigenvalue weighted by atomic mass is 10.0. The van der Waals surface area contributed by atoms with Crippen molar-refractivity contribution in [3.05, 3.63) is 206 Å². The van der Waals surface area contributed by atoms with Crippen LogP contribution in [0.4, 0.5) is 17.1 Å². The fraction of sp³-hybridized carbons (Fsp3) is 0. The van der Waals surface area contributed by atoms with Crippen molar-refractivity contribution in [2.24, 2.45) is 0 Å². The summed E-state index contributed by atoms with van der Waals surface area (Å²) in [5, 5.41) is 7.46. The Kier molecular flexibility index (Phi) is 7.39. The van der Waals surface area contributed by atoms with Gasteiger partial charge in [-0.1, -0.05) is 146 Å². The molecule has 0 aliphatic rings. The summed E-state index contributed by atoms with van der Waals surface area (Å²) in [4.78, 5) is 2.47. The summed E-state index contributed by atoms with van der Waals surface area (Å²) in [5.41, 5.74) is 11.7. The average molecular weight is 719 g/mol. The van der Waals surface area contributed by atoms with Gasteiger partial charge in [-0.25, -0.2) is 0 Å². The first kappa shape index (κ1) is 31.6. The molecular formula is C52H34N2S. The normalized spacial score (nSPS) is 11.6. The molecule has 11 rings (SSSR count). The lowest BCUT2D eigenvalue weighted by molar-refractivity contribution is 1.18. The van der Waals surface area contributed by atoms with Crippen LogP contribution in [0.15, 0.2) is 206 Å². The van der Waals surface area contributed by atoms with Gasteiger partial charge in [-0.15, -0.1) is 11.3 Å². The molecule has 0 aliphatic heterocycles. The van der Waals surface area contributed by atoms with Crippen LogP contribution >= 0.6 is 11.3 Å². The first-order chi connectivity index (χ1) is 27.3. The Balaban J connectivity index is 1.22. The Morgan fingerprint density at radius 3 is 1.82 bits per heavy atom. The zero-order chi connectivity index (χ0) is 36.3. The first-order valence-electron chi connectivity index (χ1n) is 18.8. The number of hydrogen-bond acceptors (Lipinski definition) is 2. The van der Waals surface area contributed by atoms with E-state index in [1.807, 2.05) is 11.3 Å². The van der Waals surface area contributed by atoms with Crippen LogP contribution in [0.1, 0.15) is 0 Å². The summed E-state index contributed by atoms with van der Waals surface area (Å²) in [6.07, 6.45) is 0. The molecule has 0 radical (unpaired) electrons. The Bertz CT molecular complexity index is 3210. The van der Waals surface area contributed by atoms with Crippen molar-refractivity contribution in [1.29, 1.82) is 0 Å².